The predicted molar refractivity (Wildman–Crippen MR) is 92.8 cm³/mol. The van der Waals surface area contributed by atoms with Crippen molar-refractivity contribution < 1.29 is 4.79 Å². The van der Waals surface area contributed by atoms with Crippen LogP contribution in [0, 0.1) is 6.92 Å². The summed E-state index contributed by atoms with van der Waals surface area (Å²) in [4.78, 5) is 19.2. The molecular weight excluding hydrogens is 316 g/mol. The molecule has 2 N–H and O–H groups in total. The van der Waals surface area contributed by atoms with Gasteiger partial charge in [0.2, 0.25) is 0 Å². The summed E-state index contributed by atoms with van der Waals surface area (Å²) in [6.45, 7) is 2.70. The molecule has 0 aliphatic carbocycles. The van der Waals surface area contributed by atoms with Crippen molar-refractivity contribution in [2.24, 2.45) is 0 Å². The first-order valence-electron chi connectivity index (χ1n) is 8.52. The van der Waals surface area contributed by atoms with Crippen LogP contribution in [0.3, 0.4) is 0 Å². The summed E-state index contributed by atoms with van der Waals surface area (Å²) in [7, 11) is 0. The van der Waals surface area contributed by atoms with E-state index in [1.54, 1.807) is 12.3 Å². The fourth-order valence-electron chi connectivity index (χ4n) is 3.32. The van der Waals surface area contributed by atoms with E-state index >= 15 is 0 Å². The summed E-state index contributed by atoms with van der Waals surface area (Å²) in [5.41, 5.74) is 3.84. The van der Waals surface area contributed by atoms with Crippen molar-refractivity contribution in [1.29, 1.82) is 0 Å². The number of aryl methyl sites for hydroxylation is 1. The SMILES string of the molecule is Cc1cc(C2CCCCN2C(=O)c2cc(-c3ccccn3)n[nH]2)n[nH]1. The number of carbonyl (C=O) groups excluding carboxylic acids is 1. The number of aromatic amines is 2. The highest BCUT2D eigenvalue weighted by molar-refractivity contribution is 5.93. The second-order valence-electron chi connectivity index (χ2n) is 6.37. The van der Waals surface area contributed by atoms with Crippen LogP contribution in [0.5, 0.6) is 0 Å². The Balaban J connectivity index is 1.60. The number of likely N-dealkylation sites (tertiary alicyclic amines) is 1. The summed E-state index contributed by atoms with van der Waals surface area (Å²) in [5.74, 6) is -0.0416. The number of H-pyrrole nitrogens is 2. The zero-order chi connectivity index (χ0) is 17.2. The summed E-state index contributed by atoms with van der Waals surface area (Å²) in [6, 6.07) is 9.42. The Labute approximate surface area is 145 Å². The lowest BCUT2D eigenvalue weighted by atomic mass is 9.98. The smallest absolute Gasteiger partial charge is 0.272 e. The van der Waals surface area contributed by atoms with Gasteiger partial charge in [0.1, 0.15) is 11.4 Å². The third kappa shape index (κ3) is 3.05. The van der Waals surface area contributed by atoms with E-state index in [-0.39, 0.29) is 11.9 Å². The van der Waals surface area contributed by atoms with Gasteiger partial charge in [-0.1, -0.05) is 6.07 Å². The molecule has 1 saturated heterocycles. The van der Waals surface area contributed by atoms with E-state index in [0.717, 1.165) is 42.9 Å². The van der Waals surface area contributed by atoms with Crippen molar-refractivity contribution in [3.8, 4) is 11.4 Å². The maximum absolute atomic E-state index is 13.0. The molecule has 1 fully saturated rings. The average molecular weight is 336 g/mol. The van der Waals surface area contributed by atoms with Gasteiger partial charge in [0.15, 0.2) is 0 Å². The summed E-state index contributed by atoms with van der Waals surface area (Å²) in [5, 5.41) is 14.5. The van der Waals surface area contributed by atoms with Crippen molar-refractivity contribution in [2.45, 2.75) is 32.2 Å². The first-order chi connectivity index (χ1) is 12.2. The van der Waals surface area contributed by atoms with Gasteiger partial charge in [0.05, 0.1) is 17.4 Å². The zero-order valence-corrected chi connectivity index (χ0v) is 14.1. The fraction of sp³-hybridized carbons (Fsp3) is 0.333. The number of nitrogens with one attached hydrogen (secondary N) is 2. The molecule has 0 saturated carbocycles. The molecule has 0 bridgehead atoms. The van der Waals surface area contributed by atoms with Crippen molar-refractivity contribution in [1.82, 2.24) is 30.3 Å². The molecule has 3 aromatic rings. The molecule has 3 aromatic heterocycles. The van der Waals surface area contributed by atoms with E-state index in [2.05, 4.69) is 25.4 Å². The molecule has 0 aromatic carbocycles. The molecule has 128 valence electrons. The number of pyridine rings is 1. The molecule has 7 heteroatoms. The molecule has 4 rings (SSSR count). The monoisotopic (exact) mass is 336 g/mol. The lowest BCUT2D eigenvalue weighted by Gasteiger charge is -2.34. The third-order valence-corrected chi connectivity index (χ3v) is 4.57. The standard InChI is InChI=1S/C18H20N6O/c1-12-10-15(22-20-12)17-7-3-5-9-24(17)18(25)16-11-14(21-23-16)13-6-2-4-8-19-13/h2,4,6,8,10-11,17H,3,5,7,9H2,1H3,(H,20,22)(H,21,23). The number of rotatable bonds is 3. The van der Waals surface area contributed by atoms with Crippen LogP contribution in [-0.2, 0) is 0 Å². The second kappa shape index (κ2) is 6.51. The molecular formula is C18H20N6O. The number of hydrogen-bond acceptors (Lipinski definition) is 4. The van der Waals surface area contributed by atoms with Gasteiger partial charge in [-0.25, -0.2) is 0 Å². The van der Waals surface area contributed by atoms with E-state index in [1.807, 2.05) is 36.1 Å². The Hall–Kier alpha value is -2.96. The Bertz CT molecular complexity index is 869. The number of nitrogens with zero attached hydrogens (tertiary/aromatic N) is 4. The van der Waals surface area contributed by atoms with Gasteiger partial charge in [-0.15, -0.1) is 0 Å². The highest BCUT2D eigenvalue weighted by Crippen LogP contribution is 2.31. The molecule has 0 spiro atoms. The Morgan fingerprint density at radius 2 is 2.08 bits per heavy atom. The molecule has 1 atom stereocenters. The lowest BCUT2D eigenvalue weighted by Crippen LogP contribution is -2.38. The van der Waals surface area contributed by atoms with Gasteiger partial charge in [-0.2, -0.15) is 10.2 Å². The molecule has 4 heterocycles. The minimum atomic E-state index is -0.0416. The quantitative estimate of drug-likeness (QED) is 0.769. The maximum Gasteiger partial charge on any atom is 0.272 e. The van der Waals surface area contributed by atoms with E-state index < -0.39 is 0 Å². The first kappa shape index (κ1) is 15.6. The number of hydrogen-bond donors (Lipinski definition) is 2. The molecule has 0 radical (unpaired) electrons. The van der Waals surface area contributed by atoms with E-state index in [9.17, 15) is 4.79 Å². The number of amides is 1. The normalized spacial score (nSPS) is 17.6. The minimum absolute atomic E-state index is 0.00722. The Morgan fingerprint density at radius 3 is 2.84 bits per heavy atom. The van der Waals surface area contributed by atoms with Gasteiger partial charge in [0.25, 0.3) is 5.91 Å². The van der Waals surface area contributed by atoms with Gasteiger partial charge < -0.3 is 4.90 Å². The van der Waals surface area contributed by atoms with Crippen molar-refractivity contribution >= 4 is 5.91 Å². The Kier molecular flexibility index (Phi) is 4.05. The minimum Gasteiger partial charge on any atom is -0.329 e. The first-order valence-corrected chi connectivity index (χ1v) is 8.52. The van der Waals surface area contributed by atoms with Crippen LogP contribution in [0.1, 0.15) is 47.2 Å². The maximum atomic E-state index is 13.0. The third-order valence-electron chi connectivity index (χ3n) is 4.57. The average Bonchev–Trinajstić information content (AvgIpc) is 3.31. The van der Waals surface area contributed by atoms with Crippen LogP contribution in [0.4, 0.5) is 0 Å². The van der Waals surface area contributed by atoms with Gasteiger partial charge in [0, 0.05) is 18.4 Å². The van der Waals surface area contributed by atoms with Crippen molar-refractivity contribution in [3.05, 3.63) is 53.6 Å². The van der Waals surface area contributed by atoms with E-state index in [1.165, 1.54) is 0 Å². The van der Waals surface area contributed by atoms with Crippen molar-refractivity contribution in [3.63, 3.8) is 0 Å². The number of carbonyl (C=O) groups is 1. The molecule has 1 amide bonds. The van der Waals surface area contributed by atoms with Crippen LogP contribution in [0.15, 0.2) is 36.5 Å². The lowest BCUT2D eigenvalue weighted by molar-refractivity contribution is 0.0600. The highest BCUT2D eigenvalue weighted by Gasteiger charge is 2.31. The van der Waals surface area contributed by atoms with Crippen molar-refractivity contribution in [2.75, 3.05) is 6.54 Å². The van der Waals surface area contributed by atoms with E-state index in [0.29, 0.717) is 11.4 Å². The van der Waals surface area contributed by atoms with Gasteiger partial charge in [-0.05, 0) is 50.5 Å². The molecule has 7 nitrogen and oxygen atoms in total. The van der Waals surface area contributed by atoms with Gasteiger partial charge >= 0.3 is 0 Å². The van der Waals surface area contributed by atoms with Gasteiger partial charge in [-0.3, -0.25) is 20.0 Å². The number of aromatic nitrogens is 5. The summed E-state index contributed by atoms with van der Waals surface area (Å²) >= 11 is 0. The molecule has 25 heavy (non-hydrogen) atoms. The van der Waals surface area contributed by atoms with Crippen LogP contribution in [0.25, 0.3) is 11.4 Å². The fourth-order valence-corrected chi connectivity index (χ4v) is 3.32. The molecule has 1 aliphatic heterocycles. The van der Waals surface area contributed by atoms with Crippen LogP contribution in [0.2, 0.25) is 0 Å². The summed E-state index contributed by atoms with van der Waals surface area (Å²) < 4.78 is 0. The number of piperidine rings is 1. The molecule has 1 aliphatic rings. The second-order valence-corrected chi connectivity index (χ2v) is 6.37. The van der Waals surface area contributed by atoms with Crippen LogP contribution in [-0.4, -0.2) is 42.7 Å². The predicted octanol–water partition coefficient (Wildman–Crippen LogP) is 2.87. The van der Waals surface area contributed by atoms with E-state index in [4.69, 9.17) is 0 Å². The zero-order valence-electron chi connectivity index (χ0n) is 14.1. The van der Waals surface area contributed by atoms with Crippen LogP contribution < -0.4 is 0 Å². The Morgan fingerprint density at radius 1 is 1.16 bits per heavy atom. The largest absolute Gasteiger partial charge is 0.329 e. The molecule has 1 unspecified atom stereocenters. The topological polar surface area (TPSA) is 90.6 Å². The summed E-state index contributed by atoms with van der Waals surface area (Å²) in [6.07, 6.45) is 4.75. The van der Waals surface area contributed by atoms with Crippen LogP contribution >= 0.6 is 0 Å². The highest BCUT2D eigenvalue weighted by atomic mass is 16.2.